The maximum absolute atomic E-state index is 13.0. The Morgan fingerprint density at radius 2 is 0.851 bits per heavy atom. The summed E-state index contributed by atoms with van der Waals surface area (Å²) in [5.41, 5.74) is 0. The first kappa shape index (κ1) is 63.2. The summed E-state index contributed by atoms with van der Waals surface area (Å²) in [5.74, 6) is -0.190. The van der Waals surface area contributed by atoms with Crippen LogP contribution in [0, 0.1) is 0 Å². The summed E-state index contributed by atoms with van der Waals surface area (Å²) in [6.45, 7) is 3.77. The lowest BCUT2D eigenvalue weighted by Crippen LogP contribution is -2.60. The zero-order valence-electron chi connectivity index (χ0n) is 43.4. The highest BCUT2D eigenvalue weighted by Gasteiger charge is 2.44. The van der Waals surface area contributed by atoms with Gasteiger partial charge in [-0.05, 0) is 70.6 Å². The molecule has 1 fully saturated rings. The minimum Gasteiger partial charge on any atom is -0.394 e. The second-order valence-electron chi connectivity index (χ2n) is 19.7. The Hall–Kier alpha value is -1.85. The highest BCUT2D eigenvalue weighted by Crippen LogP contribution is 2.23. The number of aliphatic hydroxyl groups excluding tert-OH is 5. The van der Waals surface area contributed by atoms with Gasteiger partial charge in [-0.2, -0.15) is 0 Å². The molecule has 1 saturated heterocycles. The van der Waals surface area contributed by atoms with Crippen molar-refractivity contribution < 1.29 is 39.8 Å². The minimum absolute atomic E-state index is 0.190. The molecule has 0 aliphatic carbocycles. The standard InChI is InChI=1S/C58H107NO8/c1-3-5-7-9-11-13-15-17-19-21-22-23-24-25-26-27-28-29-30-32-34-36-38-40-42-44-46-48-54(62)59-51(50-66-58-57(65)56(64)55(63)53(49-60)67-58)52(61)47-45-43-41-39-37-35-33-31-20-18-16-14-12-10-8-6-4-2/h20,25-26,31,37,39,45,47,51-53,55-58,60-61,63-65H,3-19,21-24,27-30,32-36,38,40-44,46,48-50H2,1-2H3,(H,59,62)/b26-25-,31-20+,39-37+,47-45+. The first-order valence-corrected chi connectivity index (χ1v) is 28.4. The predicted octanol–water partition coefficient (Wildman–Crippen LogP) is 13.7. The number of aliphatic hydroxyl groups is 5. The van der Waals surface area contributed by atoms with E-state index in [0.717, 1.165) is 51.4 Å². The number of amides is 1. The summed E-state index contributed by atoms with van der Waals surface area (Å²) in [4.78, 5) is 13.0. The summed E-state index contributed by atoms with van der Waals surface area (Å²) in [5, 5.41) is 54.4. The van der Waals surface area contributed by atoms with E-state index in [1.165, 1.54) is 186 Å². The van der Waals surface area contributed by atoms with Gasteiger partial charge in [0.05, 0.1) is 25.4 Å². The van der Waals surface area contributed by atoms with Crippen molar-refractivity contribution in [2.45, 2.75) is 301 Å². The summed E-state index contributed by atoms with van der Waals surface area (Å²) in [7, 11) is 0. The molecule has 1 heterocycles. The number of carbonyl (C=O) groups is 1. The first-order valence-electron chi connectivity index (χ1n) is 28.4. The van der Waals surface area contributed by atoms with Crippen molar-refractivity contribution in [2.75, 3.05) is 13.2 Å². The number of allylic oxidation sites excluding steroid dienone is 7. The van der Waals surface area contributed by atoms with E-state index in [2.05, 4.69) is 55.6 Å². The van der Waals surface area contributed by atoms with Crippen molar-refractivity contribution >= 4 is 5.91 Å². The quantitative estimate of drug-likeness (QED) is 0.0261. The molecule has 0 aromatic carbocycles. The third-order valence-electron chi connectivity index (χ3n) is 13.4. The van der Waals surface area contributed by atoms with E-state index in [4.69, 9.17) is 9.47 Å². The maximum Gasteiger partial charge on any atom is 0.220 e. The van der Waals surface area contributed by atoms with Gasteiger partial charge in [0, 0.05) is 6.42 Å². The zero-order valence-corrected chi connectivity index (χ0v) is 43.4. The van der Waals surface area contributed by atoms with Gasteiger partial charge in [0.2, 0.25) is 5.91 Å². The Morgan fingerprint density at radius 3 is 1.25 bits per heavy atom. The molecule has 7 unspecified atom stereocenters. The van der Waals surface area contributed by atoms with E-state index < -0.39 is 49.5 Å². The van der Waals surface area contributed by atoms with Crippen LogP contribution in [0.4, 0.5) is 0 Å². The molecule has 1 amide bonds. The molecule has 0 saturated carbocycles. The zero-order chi connectivity index (χ0) is 48.7. The van der Waals surface area contributed by atoms with E-state index in [-0.39, 0.29) is 12.5 Å². The van der Waals surface area contributed by atoms with E-state index in [0.29, 0.717) is 6.42 Å². The second-order valence-corrected chi connectivity index (χ2v) is 19.7. The van der Waals surface area contributed by atoms with Crippen molar-refractivity contribution in [2.24, 2.45) is 0 Å². The lowest BCUT2D eigenvalue weighted by atomic mass is 9.99. The average molecular weight is 946 g/mol. The van der Waals surface area contributed by atoms with Gasteiger partial charge in [-0.3, -0.25) is 4.79 Å². The lowest BCUT2D eigenvalue weighted by Gasteiger charge is -2.40. The van der Waals surface area contributed by atoms with Crippen molar-refractivity contribution in [3.63, 3.8) is 0 Å². The second kappa shape index (κ2) is 47.8. The molecular formula is C58H107NO8. The number of unbranched alkanes of at least 4 members (excludes halogenated alkanes) is 32. The molecule has 392 valence electrons. The van der Waals surface area contributed by atoms with Crippen LogP contribution < -0.4 is 5.32 Å². The van der Waals surface area contributed by atoms with Crippen LogP contribution in [0.15, 0.2) is 48.6 Å². The van der Waals surface area contributed by atoms with Crippen molar-refractivity contribution in [3.8, 4) is 0 Å². The molecule has 9 heteroatoms. The van der Waals surface area contributed by atoms with Gasteiger partial charge in [0.25, 0.3) is 0 Å². The molecule has 0 spiro atoms. The number of hydrogen-bond acceptors (Lipinski definition) is 8. The van der Waals surface area contributed by atoms with Gasteiger partial charge < -0.3 is 40.3 Å². The van der Waals surface area contributed by atoms with Crippen LogP contribution in [0.2, 0.25) is 0 Å². The van der Waals surface area contributed by atoms with Crippen molar-refractivity contribution in [3.05, 3.63) is 48.6 Å². The third kappa shape index (κ3) is 37.6. The highest BCUT2D eigenvalue weighted by molar-refractivity contribution is 5.76. The molecule has 0 radical (unpaired) electrons. The topological polar surface area (TPSA) is 149 Å². The molecule has 0 bridgehead atoms. The van der Waals surface area contributed by atoms with Crippen LogP contribution in [-0.4, -0.2) is 87.5 Å². The van der Waals surface area contributed by atoms with Crippen LogP contribution in [0.5, 0.6) is 0 Å². The molecule has 1 aliphatic heterocycles. The molecular weight excluding hydrogens is 839 g/mol. The van der Waals surface area contributed by atoms with Gasteiger partial charge in [0.1, 0.15) is 24.4 Å². The van der Waals surface area contributed by atoms with Crippen LogP contribution in [0.1, 0.15) is 258 Å². The fourth-order valence-electron chi connectivity index (χ4n) is 8.83. The number of carbonyl (C=O) groups excluding carboxylic acids is 1. The van der Waals surface area contributed by atoms with E-state index in [1.807, 2.05) is 6.08 Å². The van der Waals surface area contributed by atoms with Crippen LogP contribution in [0.3, 0.4) is 0 Å². The fraction of sp³-hybridized carbons (Fsp3) is 0.845. The Bertz CT molecular complexity index is 1190. The summed E-state index contributed by atoms with van der Waals surface area (Å²) >= 11 is 0. The number of nitrogens with one attached hydrogen (secondary N) is 1. The summed E-state index contributed by atoms with van der Waals surface area (Å²) in [6.07, 6.45) is 56.1. The molecule has 1 rings (SSSR count). The Kier molecular flexibility index (Phi) is 45.1. The van der Waals surface area contributed by atoms with Crippen LogP contribution in [0.25, 0.3) is 0 Å². The predicted molar refractivity (Wildman–Crippen MR) is 281 cm³/mol. The molecule has 67 heavy (non-hydrogen) atoms. The van der Waals surface area contributed by atoms with Crippen molar-refractivity contribution in [1.29, 1.82) is 0 Å². The van der Waals surface area contributed by atoms with Gasteiger partial charge in [-0.25, -0.2) is 0 Å². The summed E-state index contributed by atoms with van der Waals surface area (Å²) in [6, 6.07) is -0.829. The smallest absolute Gasteiger partial charge is 0.220 e. The van der Waals surface area contributed by atoms with E-state index in [1.54, 1.807) is 6.08 Å². The Morgan fingerprint density at radius 1 is 0.493 bits per heavy atom. The summed E-state index contributed by atoms with van der Waals surface area (Å²) < 4.78 is 11.2. The number of hydrogen-bond donors (Lipinski definition) is 6. The first-order chi connectivity index (χ1) is 32.8. The normalized spacial score (nSPS) is 20.0. The average Bonchev–Trinajstić information content (AvgIpc) is 3.33. The van der Waals surface area contributed by atoms with Gasteiger partial charge in [-0.15, -0.1) is 0 Å². The minimum atomic E-state index is -1.58. The molecule has 9 nitrogen and oxygen atoms in total. The number of ether oxygens (including phenoxy) is 2. The third-order valence-corrected chi connectivity index (χ3v) is 13.4. The molecule has 1 aliphatic rings. The molecule has 0 aromatic rings. The van der Waals surface area contributed by atoms with E-state index >= 15 is 0 Å². The monoisotopic (exact) mass is 946 g/mol. The lowest BCUT2D eigenvalue weighted by molar-refractivity contribution is -0.302. The van der Waals surface area contributed by atoms with Crippen molar-refractivity contribution in [1.82, 2.24) is 5.32 Å². The molecule has 7 atom stereocenters. The number of rotatable bonds is 48. The van der Waals surface area contributed by atoms with E-state index in [9.17, 15) is 30.3 Å². The van der Waals surface area contributed by atoms with Gasteiger partial charge in [-0.1, -0.05) is 229 Å². The van der Waals surface area contributed by atoms with Crippen LogP contribution >= 0.6 is 0 Å². The maximum atomic E-state index is 13.0. The fourth-order valence-corrected chi connectivity index (χ4v) is 8.83. The molecule has 6 N–H and O–H groups in total. The SMILES string of the molecule is CCCCCCCCC/C=C/CC/C=C/CC/C=C/C(O)C(COC1OC(CO)C(O)C(O)C1O)NC(=O)CCCCCCCCCCCCC/C=C\CCCCCCCCCCCCCC. The van der Waals surface area contributed by atoms with Gasteiger partial charge >= 0.3 is 0 Å². The Balaban J connectivity index is 2.23. The van der Waals surface area contributed by atoms with Gasteiger partial charge in [0.15, 0.2) is 6.29 Å². The molecule has 0 aromatic heterocycles. The highest BCUT2D eigenvalue weighted by atomic mass is 16.7. The van der Waals surface area contributed by atoms with Crippen LogP contribution in [-0.2, 0) is 14.3 Å². The largest absolute Gasteiger partial charge is 0.394 e. The Labute approximate surface area is 412 Å².